The smallest absolute Gasteiger partial charge is 0.251 e. The third kappa shape index (κ3) is 5.05. The average Bonchev–Trinajstić information content (AvgIpc) is 2.66. The van der Waals surface area contributed by atoms with E-state index in [1.807, 2.05) is 0 Å². The molecule has 9 heteroatoms. The van der Waals surface area contributed by atoms with E-state index in [-0.39, 0.29) is 28.8 Å². The molecule has 144 valence electrons. The Balaban J connectivity index is 2.09. The number of benzene rings is 2. The van der Waals surface area contributed by atoms with Crippen LogP contribution in [0.25, 0.3) is 0 Å². The van der Waals surface area contributed by atoms with Gasteiger partial charge in [-0.3, -0.25) is 9.59 Å². The Hall–Kier alpha value is -2.91. The number of nitrogens with zero attached hydrogens (tertiary/aromatic N) is 1. The third-order valence-corrected chi connectivity index (χ3v) is 5.49. The molecule has 0 unspecified atom stereocenters. The highest BCUT2D eigenvalue weighted by atomic mass is 32.2. The minimum Gasteiger partial charge on any atom is -0.495 e. The van der Waals surface area contributed by atoms with Crippen molar-refractivity contribution in [1.29, 1.82) is 0 Å². The first-order valence-corrected chi connectivity index (χ1v) is 9.43. The van der Waals surface area contributed by atoms with Crippen LogP contribution in [0, 0.1) is 0 Å². The van der Waals surface area contributed by atoms with E-state index in [4.69, 9.17) is 4.74 Å². The van der Waals surface area contributed by atoms with Crippen molar-refractivity contribution in [2.45, 2.75) is 4.90 Å². The number of hydrogen-bond acceptors (Lipinski definition) is 5. The van der Waals surface area contributed by atoms with Gasteiger partial charge in [0.1, 0.15) is 10.6 Å². The van der Waals surface area contributed by atoms with Crippen LogP contribution in [0.4, 0.5) is 5.69 Å². The Morgan fingerprint density at radius 2 is 1.74 bits per heavy atom. The molecule has 0 aliphatic rings. The zero-order valence-electron chi connectivity index (χ0n) is 15.2. The molecule has 8 nitrogen and oxygen atoms in total. The third-order valence-electron chi connectivity index (χ3n) is 3.65. The molecule has 0 aliphatic carbocycles. The second-order valence-electron chi connectivity index (χ2n) is 5.75. The highest BCUT2D eigenvalue weighted by Gasteiger charge is 2.23. The van der Waals surface area contributed by atoms with Crippen LogP contribution in [0.15, 0.2) is 53.4 Å². The van der Waals surface area contributed by atoms with E-state index in [9.17, 15) is 18.0 Å². The normalized spacial score (nSPS) is 11.1. The van der Waals surface area contributed by atoms with Crippen molar-refractivity contribution in [2.24, 2.45) is 0 Å². The van der Waals surface area contributed by atoms with Crippen LogP contribution < -0.4 is 15.4 Å². The summed E-state index contributed by atoms with van der Waals surface area (Å²) in [4.78, 5) is 24.0. The fourth-order valence-electron chi connectivity index (χ4n) is 2.21. The number of methoxy groups -OCH3 is 1. The number of amides is 2. The van der Waals surface area contributed by atoms with Gasteiger partial charge in [-0.05, 0) is 30.3 Å². The van der Waals surface area contributed by atoms with Crippen LogP contribution in [0.1, 0.15) is 10.4 Å². The van der Waals surface area contributed by atoms with Crippen molar-refractivity contribution >= 4 is 27.5 Å². The molecule has 0 heterocycles. The Kier molecular flexibility index (Phi) is 6.54. The Morgan fingerprint density at radius 1 is 1.07 bits per heavy atom. The molecule has 0 fully saturated rings. The highest BCUT2D eigenvalue weighted by Crippen LogP contribution is 2.28. The van der Waals surface area contributed by atoms with Gasteiger partial charge in [0, 0.05) is 25.3 Å². The zero-order valence-corrected chi connectivity index (χ0v) is 16.0. The van der Waals surface area contributed by atoms with E-state index in [1.165, 1.54) is 39.4 Å². The molecule has 0 radical (unpaired) electrons. The summed E-state index contributed by atoms with van der Waals surface area (Å²) >= 11 is 0. The van der Waals surface area contributed by atoms with Crippen LogP contribution >= 0.6 is 0 Å². The van der Waals surface area contributed by atoms with Crippen molar-refractivity contribution < 1.29 is 22.7 Å². The predicted octanol–water partition coefficient (Wildman–Crippen LogP) is 1.31. The van der Waals surface area contributed by atoms with E-state index in [0.717, 1.165) is 4.31 Å². The number of hydrogen-bond donors (Lipinski definition) is 2. The van der Waals surface area contributed by atoms with Gasteiger partial charge in [-0.15, -0.1) is 0 Å². The van der Waals surface area contributed by atoms with E-state index in [2.05, 4.69) is 10.6 Å². The van der Waals surface area contributed by atoms with Gasteiger partial charge in [-0.25, -0.2) is 12.7 Å². The molecule has 2 aromatic carbocycles. The van der Waals surface area contributed by atoms with E-state index in [1.54, 1.807) is 30.3 Å². The molecule has 0 aromatic heterocycles. The van der Waals surface area contributed by atoms with Gasteiger partial charge in [-0.1, -0.05) is 18.2 Å². The first-order chi connectivity index (χ1) is 12.8. The number of carbonyl (C=O) groups excluding carboxylic acids is 2. The lowest BCUT2D eigenvalue weighted by molar-refractivity contribution is -0.115. The Labute approximate surface area is 158 Å². The molecule has 27 heavy (non-hydrogen) atoms. The Bertz CT molecular complexity index is 927. The number of anilines is 1. The zero-order chi connectivity index (χ0) is 20.0. The molecule has 2 amide bonds. The molecule has 2 rings (SSSR count). The second-order valence-corrected chi connectivity index (χ2v) is 7.87. The number of carbonyl (C=O) groups is 2. The van der Waals surface area contributed by atoms with E-state index in [0.29, 0.717) is 5.56 Å². The molecule has 0 bridgehead atoms. The van der Waals surface area contributed by atoms with E-state index >= 15 is 0 Å². The summed E-state index contributed by atoms with van der Waals surface area (Å²) < 4.78 is 30.9. The Morgan fingerprint density at radius 3 is 2.33 bits per heavy atom. The van der Waals surface area contributed by atoms with Crippen LogP contribution in [-0.4, -0.2) is 52.3 Å². The predicted molar refractivity (Wildman–Crippen MR) is 101 cm³/mol. The van der Waals surface area contributed by atoms with Gasteiger partial charge < -0.3 is 15.4 Å². The lowest BCUT2D eigenvalue weighted by Gasteiger charge is -2.16. The maximum absolute atomic E-state index is 12.4. The summed E-state index contributed by atoms with van der Waals surface area (Å²) in [6, 6.07) is 12.8. The quantitative estimate of drug-likeness (QED) is 0.741. The molecular weight excluding hydrogens is 370 g/mol. The summed E-state index contributed by atoms with van der Waals surface area (Å²) in [5.74, 6) is -0.701. The topological polar surface area (TPSA) is 105 Å². The molecule has 2 N–H and O–H groups in total. The molecule has 0 saturated carbocycles. The monoisotopic (exact) mass is 391 g/mol. The van der Waals surface area contributed by atoms with Crippen LogP contribution in [0.2, 0.25) is 0 Å². The van der Waals surface area contributed by atoms with Gasteiger partial charge in [-0.2, -0.15) is 0 Å². The van der Waals surface area contributed by atoms with Crippen molar-refractivity contribution in [1.82, 2.24) is 9.62 Å². The van der Waals surface area contributed by atoms with Gasteiger partial charge in [0.05, 0.1) is 13.7 Å². The minimum absolute atomic E-state index is 0.0684. The fraction of sp³-hybridized carbons (Fsp3) is 0.222. The van der Waals surface area contributed by atoms with Crippen molar-refractivity contribution in [3.8, 4) is 5.75 Å². The van der Waals surface area contributed by atoms with Crippen LogP contribution in [-0.2, 0) is 14.8 Å². The van der Waals surface area contributed by atoms with Crippen molar-refractivity contribution in [3.63, 3.8) is 0 Å². The lowest BCUT2D eigenvalue weighted by Crippen LogP contribution is -2.32. The summed E-state index contributed by atoms with van der Waals surface area (Å²) in [5, 5.41) is 5.06. The summed E-state index contributed by atoms with van der Waals surface area (Å²) in [6.07, 6.45) is 0. The van der Waals surface area contributed by atoms with Crippen LogP contribution in [0.5, 0.6) is 5.75 Å². The second kappa shape index (κ2) is 8.65. The number of nitrogens with one attached hydrogen (secondary N) is 2. The SMILES string of the molecule is COc1ccc(NC(=O)CNC(=O)c2ccccc2)cc1S(=O)(=O)N(C)C. The fourth-order valence-corrected chi connectivity index (χ4v) is 3.28. The standard InChI is InChI=1S/C18H21N3O5S/c1-21(2)27(24,25)16-11-14(9-10-15(16)26-3)20-17(22)12-19-18(23)13-7-5-4-6-8-13/h4-11H,12H2,1-3H3,(H,19,23)(H,20,22). The molecule has 2 aromatic rings. The highest BCUT2D eigenvalue weighted by molar-refractivity contribution is 7.89. The largest absolute Gasteiger partial charge is 0.495 e. The lowest BCUT2D eigenvalue weighted by atomic mass is 10.2. The minimum atomic E-state index is -3.75. The summed E-state index contributed by atoms with van der Waals surface area (Å²) in [7, 11) is 0.414. The summed E-state index contributed by atoms with van der Waals surface area (Å²) in [6.45, 7) is -0.254. The first kappa shape index (κ1) is 20.4. The first-order valence-electron chi connectivity index (χ1n) is 7.99. The number of sulfonamides is 1. The maximum atomic E-state index is 12.4. The molecular formula is C18H21N3O5S. The van der Waals surface area contributed by atoms with Crippen LogP contribution in [0.3, 0.4) is 0 Å². The van der Waals surface area contributed by atoms with Gasteiger partial charge in [0.2, 0.25) is 15.9 Å². The molecule has 0 saturated heterocycles. The van der Waals surface area contributed by atoms with Gasteiger partial charge in [0.15, 0.2) is 0 Å². The molecule has 0 spiro atoms. The maximum Gasteiger partial charge on any atom is 0.251 e. The van der Waals surface area contributed by atoms with Crippen molar-refractivity contribution in [2.75, 3.05) is 33.1 Å². The van der Waals surface area contributed by atoms with Gasteiger partial charge in [0.25, 0.3) is 5.91 Å². The molecule has 0 aliphatic heterocycles. The number of rotatable bonds is 7. The van der Waals surface area contributed by atoms with Gasteiger partial charge >= 0.3 is 0 Å². The van der Waals surface area contributed by atoms with Crippen molar-refractivity contribution in [3.05, 3.63) is 54.1 Å². The number of ether oxygens (including phenoxy) is 1. The van der Waals surface area contributed by atoms with E-state index < -0.39 is 15.9 Å². The average molecular weight is 391 g/mol. The molecule has 0 atom stereocenters. The summed E-state index contributed by atoms with van der Waals surface area (Å²) in [5.41, 5.74) is 0.712.